The van der Waals surface area contributed by atoms with Crippen molar-refractivity contribution in [1.82, 2.24) is 0 Å². The predicted octanol–water partition coefficient (Wildman–Crippen LogP) is 4.05. The van der Waals surface area contributed by atoms with Gasteiger partial charge >= 0.3 is 11.4 Å². The average Bonchev–Trinajstić information content (AvgIpc) is 2.01. The van der Waals surface area contributed by atoms with Crippen LogP contribution in [0.2, 0.25) is 0 Å². The summed E-state index contributed by atoms with van der Waals surface area (Å²) in [5, 5.41) is -6.16. The van der Waals surface area contributed by atoms with Crippen molar-refractivity contribution in [3.63, 3.8) is 0 Å². The second kappa shape index (κ2) is 4.69. The Labute approximate surface area is 85.1 Å². The number of alkyl halides is 5. The lowest BCUT2D eigenvalue weighted by Crippen LogP contribution is -2.28. The van der Waals surface area contributed by atoms with Gasteiger partial charge in [0, 0.05) is 0 Å². The minimum atomic E-state index is -5.36. The Kier molecular flexibility index (Phi) is 4.70. The molecule has 84 valence electrons. The van der Waals surface area contributed by atoms with Crippen molar-refractivity contribution in [3.8, 4) is 0 Å². The van der Waals surface area contributed by atoms with Gasteiger partial charge in [-0.3, -0.25) is 0 Å². The van der Waals surface area contributed by atoms with Gasteiger partial charge < -0.3 is 0 Å². The highest BCUT2D eigenvalue weighted by Gasteiger charge is 2.52. The Morgan fingerprint density at radius 2 is 1.43 bits per heavy atom. The van der Waals surface area contributed by atoms with Crippen LogP contribution in [0.4, 0.5) is 26.3 Å². The highest BCUT2D eigenvalue weighted by atomic mass is 32.2. The molecule has 0 nitrogen and oxygen atoms in total. The van der Waals surface area contributed by atoms with Gasteiger partial charge in [-0.05, 0) is 12.5 Å². The molecule has 0 aliphatic carbocycles. The molecule has 0 aliphatic heterocycles. The Morgan fingerprint density at radius 1 is 1.00 bits per heavy atom. The average molecular weight is 256 g/mol. The predicted molar refractivity (Wildman–Crippen MR) is 46.2 cm³/mol. The molecule has 0 saturated carbocycles. The smallest absolute Gasteiger partial charge is 0.199 e. The second-order valence-electron chi connectivity index (χ2n) is 2.07. The Morgan fingerprint density at radius 3 is 1.64 bits per heavy atom. The molecule has 0 atom stereocenters. The maximum absolute atomic E-state index is 12.7. The van der Waals surface area contributed by atoms with Crippen LogP contribution in [0, 0.1) is 0 Å². The Balaban J connectivity index is 5.36. The van der Waals surface area contributed by atoms with Gasteiger partial charge in [0.1, 0.15) is 0 Å². The largest absolute Gasteiger partial charge is 0.422 e. The van der Waals surface area contributed by atoms with Crippen LogP contribution in [-0.4, -0.2) is 23.9 Å². The topological polar surface area (TPSA) is 0 Å². The van der Waals surface area contributed by atoms with E-state index in [2.05, 4.69) is 0 Å². The van der Waals surface area contributed by atoms with Crippen LogP contribution in [0.5, 0.6) is 0 Å². The van der Waals surface area contributed by atoms with E-state index >= 15 is 0 Å². The molecule has 8 heteroatoms. The molecule has 0 aliphatic rings. The summed E-state index contributed by atoms with van der Waals surface area (Å²) in [6.45, 7) is 0. The van der Waals surface area contributed by atoms with Gasteiger partial charge in [-0.1, -0.05) is 23.5 Å². The van der Waals surface area contributed by atoms with Gasteiger partial charge in [-0.15, -0.1) is 0 Å². The van der Waals surface area contributed by atoms with Crippen LogP contribution in [0.3, 0.4) is 0 Å². The first kappa shape index (κ1) is 14.0. The Bertz CT molecular complexity index is 231. The summed E-state index contributed by atoms with van der Waals surface area (Å²) >= 11 is -0.357. The zero-order valence-electron chi connectivity index (χ0n) is 7.08. The van der Waals surface area contributed by atoms with Crippen molar-refractivity contribution in [2.75, 3.05) is 12.5 Å². The molecule has 0 radical (unpaired) electrons. The highest BCUT2D eigenvalue weighted by molar-refractivity contribution is 8.02. The molecule has 14 heavy (non-hydrogen) atoms. The minimum absolute atomic E-state index is 0.00162. The van der Waals surface area contributed by atoms with E-state index in [4.69, 9.17) is 0 Å². The number of hydrogen-bond acceptors (Lipinski definition) is 2. The molecule has 0 aromatic carbocycles. The van der Waals surface area contributed by atoms with Gasteiger partial charge in [-0.25, -0.2) is 0 Å². The lowest BCUT2D eigenvalue weighted by atomic mass is 10.3. The molecular weight excluding hydrogens is 250 g/mol. The summed E-state index contributed by atoms with van der Waals surface area (Å²) in [5.41, 5.74) is -2.43. The van der Waals surface area contributed by atoms with Crippen LogP contribution in [0.25, 0.3) is 0 Å². The molecule has 0 saturated heterocycles. The van der Waals surface area contributed by atoms with E-state index in [-0.39, 0.29) is 23.5 Å². The molecule has 0 N–H and O–H groups in total. The van der Waals surface area contributed by atoms with Crippen molar-refractivity contribution in [2.24, 2.45) is 0 Å². The molecule has 0 aromatic rings. The fourth-order valence-electron chi connectivity index (χ4n) is 0.595. The molecule has 0 rings (SSSR count). The number of halogens is 6. The monoisotopic (exact) mass is 256 g/mol. The van der Waals surface area contributed by atoms with Crippen molar-refractivity contribution >= 4 is 23.5 Å². The van der Waals surface area contributed by atoms with Gasteiger partial charge in [0.25, 0.3) is 0 Å². The summed E-state index contributed by atoms with van der Waals surface area (Å²) in [6, 6.07) is 0. The zero-order chi connectivity index (χ0) is 11.6. The molecule has 0 spiro atoms. The van der Waals surface area contributed by atoms with E-state index in [0.29, 0.717) is 0 Å². The van der Waals surface area contributed by atoms with E-state index in [9.17, 15) is 26.3 Å². The highest BCUT2D eigenvalue weighted by Crippen LogP contribution is 2.47. The van der Waals surface area contributed by atoms with E-state index in [1.807, 2.05) is 0 Å². The van der Waals surface area contributed by atoms with Crippen molar-refractivity contribution < 1.29 is 26.3 Å². The molecular formula is C6H6F6S2. The SMILES string of the molecule is CS/C(F)=C(/C(F)(F)F)C(F)(F)SC. The lowest BCUT2D eigenvalue weighted by molar-refractivity contribution is -0.114. The first-order chi connectivity index (χ1) is 6.16. The van der Waals surface area contributed by atoms with E-state index in [1.165, 1.54) is 0 Å². The second-order valence-corrected chi connectivity index (χ2v) is 3.76. The first-order valence-electron chi connectivity index (χ1n) is 3.11. The fourth-order valence-corrected chi connectivity index (χ4v) is 1.52. The number of hydrogen-bond donors (Lipinski definition) is 0. The Hall–Kier alpha value is 0.0200. The van der Waals surface area contributed by atoms with Crippen molar-refractivity contribution in [1.29, 1.82) is 0 Å². The summed E-state index contributed by atoms with van der Waals surface area (Å²) in [6.07, 6.45) is -3.63. The van der Waals surface area contributed by atoms with Gasteiger partial charge in [0.15, 0.2) is 10.7 Å². The summed E-state index contributed by atoms with van der Waals surface area (Å²) in [7, 11) is 0. The number of thioether (sulfide) groups is 2. The quantitative estimate of drug-likeness (QED) is 0.699. The van der Waals surface area contributed by atoms with Crippen molar-refractivity contribution in [3.05, 3.63) is 10.7 Å². The molecule has 0 unspecified atom stereocenters. The van der Waals surface area contributed by atoms with Crippen LogP contribution < -0.4 is 0 Å². The molecule has 0 amide bonds. The van der Waals surface area contributed by atoms with E-state index in [1.54, 1.807) is 0 Å². The fraction of sp³-hybridized carbons (Fsp3) is 0.667. The van der Waals surface area contributed by atoms with Gasteiger partial charge in [0.2, 0.25) is 0 Å². The van der Waals surface area contributed by atoms with Gasteiger partial charge in [-0.2, -0.15) is 26.3 Å². The third-order valence-corrected chi connectivity index (χ3v) is 2.49. The van der Waals surface area contributed by atoms with Crippen LogP contribution in [-0.2, 0) is 0 Å². The lowest BCUT2D eigenvalue weighted by Gasteiger charge is -2.20. The maximum atomic E-state index is 12.7. The van der Waals surface area contributed by atoms with Crippen LogP contribution in [0.15, 0.2) is 10.7 Å². The zero-order valence-corrected chi connectivity index (χ0v) is 8.72. The third kappa shape index (κ3) is 3.30. The summed E-state index contributed by atoms with van der Waals surface area (Å²) in [4.78, 5) is 0. The molecule has 0 bridgehead atoms. The standard InChI is InChI=1S/C6H6F6S2/c1-13-4(7)3(5(8,9)10)6(11,12)14-2/h1-2H3/b4-3-. The molecule has 0 aromatic heterocycles. The van der Waals surface area contributed by atoms with Crippen LogP contribution in [0.1, 0.15) is 0 Å². The first-order valence-corrected chi connectivity index (χ1v) is 5.56. The third-order valence-electron chi connectivity index (χ3n) is 1.21. The minimum Gasteiger partial charge on any atom is -0.199 e. The van der Waals surface area contributed by atoms with Crippen LogP contribution >= 0.6 is 23.5 Å². The summed E-state index contributed by atoms with van der Waals surface area (Å²) in [5.74, 6) is 0. The van der Waals surface area contributed by atoms with E-state index < -0.39 is 22.2 Å². The normalized spacial score (nSPS) is 15.4. The molecule has 0 fully saturated rings. The summed E-state index contributed by atoms with van der Waals surface area (Å²) < 4.78 is 74.1. The maximum Gasteiger partial charge on any atom is 0.422 e. The van der Waals surface area contributed by atoms with E-state index in [0.717, 1.165) is 12.5 Å². The number of rotatable bonds is 3. The molecule has 0 heterocycles. The van der Waals surface area contributed by atoms with Crippen molar-refractivity contribution in [2.45, 2.75) is 11.4 Å². The van der Waals surface area contributed by atoms with Gasteiger partial charge in [0.05, 0.1) is 0 Å².